The summed E-state index contributed by atoms with van der Waals surface area (Å²) in [4.78, 5) is 26.1. The lowest BCUT2D eigenvalue weighted by molar-refractivity contribution is -0.141. The number of fused-ring (bicyclic) bond motifs is 1. The molecule has 1 aromatic carbocycles. The molecule has 8 nitrogen and oxygen atoms in total. The summed E-state index contributed by atoms with van der Waals surface area (Å²) in [6, 6.07) is 0.636. The third kappa shape index (κ3) is 6.79. The van der Waals surface area contributed by atoms with Crippen molar-refractivity contribution < 1.29 is 40.6 Å². The van der Waals surface area contributed by atoms with E-state index < -0.39 is 47.4 Å². The second kappa shape index (κ2) is 11.1. The Hall–Kier alpha value is -3.84. The van der Waals surface area contributed by atoms with Crippen molar-refractivity contribution in [2.75, 3.05) is 6.61 Å². The van der Waals surface area contributed by atoms with Crippen molar-refractivity contribution >= 4 is 22.7 Å². The highest BCUT2D eigenvalue weighted by Crippen LogP contribution is 2.39. The van der Waals surface area contributed by atoms with E-state index in [9.17, 15) is 31.1 Å². The first-order valence-corrected chi connectivity index (χ1v) is 13.2. The average Bonchev–Trinajstić information content (AvgIpc) is 3.28. The number of carbonyl (C=O) groups excluding carboxylic acids is 1. The molecule has 0 bridgehead atoms. The number of hydrogen-bond acceptors (Lipinski definition) is 6. The normalized spacial score (nSPS) is 18.4. The predicted molar refractivity (Wildman–Crippen MR) is 142 cm³/mol. The third-order valence-corrected chi connectivity index (χ3v) is 6.55. The molecule has 0 unspecified atom stereocenters. The van der Waals surface area contributed by atoms with E-state index in [1.165, 1.54) is 21.9 Å². The van der Waals surface area contributed by atoms with Crippen LogP contribution in [0.5, 0.6) is 5.75 Å². The lowest BCUT2D eigenvalue weighted by Crippen LogP contribution is -2.51. The Morgan fingerprint density at radius 1 is 1.02 bits per heavy atom. The molecule has 1 amide bonds. The molecule has 1 aliphatic rings. The minimum Gasteiger partial charge on any atom is -0.491 e. The smallest absolute Gasteiger partial charge is 0.434 e. The molecule has 0 saturated heterocycles. The van der Waals surface area contributed by atoms with E-state index in [0.29, 0.717) is 11.8 Å². The van der Waals surface area contributed by atoms with Crippen LogP contribution in [0, 0.1) is 0 Å². The van der Waals surface area contributed by atoms with Gasteiger partial charge in [0.2, 0.25) is 0 Å². The molecule has 2 aromatic heterocycles. The minimum absolute atomic E-state index is 0.0694. The second-order valence-corrected chi connectivity index (χ2v) is 11.4. The van der Waals surface area contributed by atoms with Crippen LogP contribution in [0.4, 0.5) is 31.1 Å². The standard InChI is InChI=1S/C28H31F6N5O3/c1-15(2)38-14-37-21-10-19(9-20(24(21)38)27(29,30)31)41-13-18-8-17(22-11-36-23(12-35-22)28(32,33)34)7-16(3)39(18)25(40)42-26(4,5)6/h7,9-12,14-16,18H,8,13H2,1-6H3/t16-,18-/m0/s1. The summed E-state index contributed by atoms with van der Waals surface area (Å²) in [6.07, 6.45) is -5.35. The number of carbonyl (C=O) groups is 1. The average molecular weight is 600 g/mol. The Kier molecular flexibility index (Phi) is 8.22. The first-order valence-electron chi connectivity index (χ1n) is 13.2. The molecular formula is C28H31F6N5O3. The largest absolute Gasteiger partial charge is 0.491 e. The number of nitrogens with zero attached hydrogens (tertiary/aromatic N) is 5. The maximum atomic E-state index is 14.1. The zero-order valence-electron chi connectivity index (χ0n) is 23.8. The van der Waals surface area contributed by atoms with Crippen LogP contribution in [0.25, 0.3) is 16.6 Å². The molecule has 1 aliphatic heterocycles. The summed E-state index contributed by atoms with van der Waals surface area (Å²) >= 11 is 0. The van der Waals surface area contributed by atoms with E-state index in [1.54, 1.807) is 47.6 Å². The first kappa shape index (κ1) is 31.1. The number of halogens is 6. The van der Waals surface area contributed by atoms with Crippen molar-refractivity contribution in [2.24, 2.45) is 0 Å². The number of imidazole rings is 1. The van der Waals surface area contributed by atoms with Crippen molar-refractivity contribution in [3.05, 3.63) is 53.9 Å². The number of amides is 1. The van der Waals surface area contributed by atoms with Crippen LogP contribution in [0.1, 0.15) is 71.0 Å². The van der Waals surface area contributed by atoms with Gasteiger partial charge in [0.15, 0.2) is 5.69 Å². The third-order valence-electron chi connectivity index (χ3n) is 6.55. The molecule has 2 atom stereocenters. The molecule has 14 heteroatoms. The van der Waals surface area contributed by atoms with E-state index in [-0.39, 0.29) is 41.5 Å². The van der Waals surface area contributed by atoms with Gasteiger partial charge in [0, 0.05) is 12.1 Å². The number of hydrogen-bond donors (Lipinski definition) is 0. The molecule has 4 rings (SSSR count). The Morgan fingerprint density at radius 3 is 2.26 bits per heavy atom. The Balaban J connectivity index is 1.67. The van der Waals surface area contributed by atoms with E-state index in [4.69, 9.17) is 9.47 Å². The summed E-state index contributed by atoms with van der Waals surface area (Å²) in [6.45, 7) is 9.99. The van der Waals surface area contributed by atoms with Crippen LogP contribution in [-0.4, -0.2) is 54.8 Å². The number of aromatic nitrogens is 4. The van der Waals surface area contributed by atoms with E-state index in [0.717, 1.165) is 12.3 Å². The summed E-state index contributed by atoms with van der Waals surface area (Å²) in [5, 5.41) is 0. The summed E-state index contributed by atoms with van der Waals surface area (Å²) in [7, 11) is 0. The second-order valence-electron chi connectivity index (χ2n) is 11.4. The minimum atomic E-state index is -4.69. The quantitative estimate of drug-likeness (QED) is 0.286. The van der Waals surface area contributed by atoms with Gasteiger partial charge in [0.25, 0.3) is 0 Å². The lowest BCUT2D eigenvalue weighted by Gasteiger charge is -2.40. The first-order chi connectivity index (χ1) is 19.3. The fourth-order valence-corrected chi connectivity index (χ4v) is 4.75. The Labute approximate surface area is 238 Å². The topological polar surface area (TPSA) is 82.4 Å². The van der Waals surface area contributed by atoms with Gasteiger partial charge in [-0.15, -0.1) is 0 Å². The van der Waals surface area contributed by atoms with Gasteiger partial charge in [0.05, 0.1) is 53.1 Å². The van der Waals surface area contributed by atoms with Crippen molar-refractivity contribution in [1.29, 1.82) is 0 Å². The van der Waals surface area contributed by atoms with Crippen molar-refractivity contribution in [1.82, 2.24) is 24.4 Å². The highest BCUT2D eigenvalue weighted by molar-refractivity contribution is 5.82. The molecule has 0 radical (unpaired) electrons. The van der Waals surface area contributed by atoms with Gasteiger partial charge in [-0.2, -0.15) is 26.3 Å². The number of alkyl halides is 6. The fraction of sp³-hybridized carbons (Fsp3) is 0.500. The molecule has 42 heavy (non-hydrogen) atoms. The number of ether oxygens (including phenoxy) is 2. The van der Waals surface area contributed by atoms with E-state index >= 15 is 0 Å². The molecular weight excluding hydrogens is 568 g/mol. The van der Waals surface area contributed by atoms with Crippen LogP contribution in [0.15, 0.2) is 36.9 Å². The van der Waals surface area contributed by atoms with Gasteiger partial charge in [-0.25, -0.2) is 14.8 Å². The maximum absolute atomic E-state index is 14.1. The molecule has 0 saturated carbocycles. The van der Waals surface area contributed by atoms with Gasteiger partial charge in [0.1, 0.15) is 18.0 Å². The van der Waals surface area contributed by atoms with Gasteiger partial charge in [-0.3, -0.25) is 9.88 Å². The van der Waals surface area contributed by atoms with Crippen LogP contribution in [0.2, 0.25) is 0 Å². The van der Waals surface area contributed by atoms with E-state index in [2.05, 4.69) is 15.0 Å². The monoisotopic (exact) mass is 599 g/mol. The van der Waals surface area contributed by atoms with Crippen LogP contribution >= 0.6 is 0 Å². The van der Waals surface area contributed by atoms with Crippen LogP contribution in [0.3, 0.4) is 0 Å². The SMILES string of the molecule is CC(C)n1cnc2cc(OC[C@@H]3CC(c4cnc(C(F)(F)F)cn4)=C[C@H](C)N3C(=O)OC(C)(C)C)cc(C(F)(F)F)c21. The predicted octanol–water partition coefficient (Wildman–Crippen LogP) is 7.31. The van der Waals surface area contributed by atoms with Gasteiger partial charge < -0.3 is 14.0 Å². The Morgan fingerprint density at radius 2 is 1.71 bits per heavy atom. The molecule has 0 fully saturated rings. The van der Waals surface area contributed by atoms with Crippen LogP contribution < -0.4 is 4.74 Å². The maximum Gasteiger partial charge on any atom is 0.434 e. The van der Waals surface area contributed by atoms with Gasteiger partial charge in [-0.05, 0) is 59.6 Å². The molecule has 0 N–H and O–H groups in total. The van der Waals surface area contributed by atoms with Crippen molar-refractivity contribution in [3.63, 3.8) is 0 Å². The van der Waals surface area contributed by atoms with Crippen LogP contribution in [-0.2, 0) is 17.1 Å². The molecule has 228 valence electrons. The summed E-state index contributed by atoms with van der Waals surface area (Å²) in [5.41, 5.74) is -2.22. The molecule has 3 heterocycles. The summed E-state index contributed by atoms with van der Waals surface area (Å²) < 4.78 is 94.1. The highest BCUT2D eigenvalue weighted by Gasteiger charge is 2.38. The zero-order chi connectivity index (χ0) is 31.2. The fourth-order valence-electron chi connectivity index (χ4n) is 4.75. The summed E-state index contributed by atoms with van der Waals surface area (Å²) in [5.74, 6) is -0.106. The lowest BCUT2D eigenvalue weighted by atomic mass is 9.94. The molecule has 0 aliphatic carbocycles. The van der Waals surface area contributed by atoms with Gasteiger partial charge in [-0.1, -0.05) is 6.08 Å². The van der Waals surface area contributed by atoms with E-state index in [1.807, 2.05) is 0 Å². The van der Waals surface area contributed by atoms with Crippen molar-refractivity contribution in [2.45, 2.75) is 84.0 Å². The van der Waals surface area contributed by atoms with Crippen molar-refractivity contribution in [3.8, 4) is 5.75 Å². The Bertz CT molecular complexity index is 1470. The number of rotatable bonds is 5. The van der Waals surface area contributed by atoms with Gasteiger partial charge >= 0.3 is 18.4 Å². The number of benzene rings is 1. The molecule has 3 aromatic rings. The molecule has 0 spiro atoms. The highest BCUT2D eigenvalue weighted by atomic mass is 19.4. The zero-order valence-corrected chi connectivity index (χ0v) is 23.8.